The van der Waals surface area contributed by atoms with E-state index in [1.165, 1.54) is 23.5 Å². The van der Waals surface area contributed by atoms with Crippen LogP contribution in [0.5, 0.6) is 0 Å². The molecule has 0 bridgehead atoms. The van der Waals surface area contributed by atoms with Crippen LogP contribution in [-0.4, -0.2) is 40.8 Å². The van der Waals surface area contributed by atoms with E-state index in [0.29, 0.717) is 24.7 Å². The van der Waals surface area contributed by atoms with E-state index in [9.17, 15) is 9.59 Å². The second-order valence-electron chi connectivity index (χ2n) is 10.3. The maximum absolute atomic E-state index is 13.2. The van der Waals surface area contributed by atoms with E-state index < -0.39 is 0 Å². The number of thioether (sulfide) groups is 2. The molecule has 4 aromatic carbocycles. The molecule has 0 atom stereocenters. The first-order valence-electron chi connectivity index (χ1n) is 14.5. The van der Waals surface area contributed by atoms with Gasteiger partial charge in [0.15, 0.2) is 11.6 Å². The van der Waals surface area contributed by atoms with Crippen LogP contribution in [0.3, 0.4) is 0 Å². The third kappa shape index (κ3) is 6.92. The van der Waals surface area contributed by atoms with E-state index in [-0.39, 0.29) is 10.2 Å². The molecule has 0 spiro atoms. The Morgan fingerprint density at radius 3 is 1.35 bits per heavy atom. The summed E-state index contributed by atoms with van der Waals surface area (Å²) < 4.78 is 4.04. The lowest BCUT2D eigenvalue weighted by molar-refractivity contribution is 0.107. The molecular weight excluding hydrogens is 573 g/mol. The van der Waals surface area contributed by atoms with Gasteiger partial charge in [-0.1, -0.05) is 115 Å². The average molecular weight is 605 g/mol. The summed E-state index contributed by atoms with van der Waals surface area (Å²) in [5.41, 5.74) is 5.87. The lowest BCUT2D eigenvalue weighted by Crippen LogP contribution is -2.10. The average Bonchev–Trinajstić information content (AvgIpc) is 3.60. The molecule has 0 aliphatic heterocycles. The molecule has 0 amide bonds. The van der Waals surface area contributed by atoms with E-state index in [4.69, 9.17) is 0 Å². The molecule has 43 heavy (non-hydrogen) atoms. The SMILES string of the molecule is O=C(SCCCCCSC(=O)c1nc2ccccc2n1Cc1ccccc1)c1nc2ccccc2n1Cc1ccccc1. The van der Waals surface area contributed by atoms with Gasteiger partial charge in [-0.15, -0.1) is 0 Å². The first kappa shape index (κ1) is 29.0. The molecule has 8 heteroatoms. The molecule has 0 N–H and O–H groups in total. The van der Waals surface area contributed by atoms with Crippen LogP contribution in [0.2, 0.25) is 0 Å². The molecule has 216 valence electrons. The van der Waals surface area contributed by atoms with Crippen molar-refractivity contribution in [2.75, 3.05) is 11.5 Å². The van der Waals surface area contributed by atoms with Crippen molar-refractivity contribution in [1.29, 1.82) is 0 Å². The maximum atomic E-state index is 13.2. The van der Waals surface area contributed by atoms with Gasteiger partial charge in [-0.3, -0.25) is 9.59 Å². The zero-order chi connectivity index (χ0) is 29.4. The van der Waals surface area contributed by atoms with Gasteiger partial charge >= 0.3 is 0 Å². The number of aromatic nitrogens is 4. The van der Waals surface area contributed by atoms with Crippen LogP contribution in [0.15, 0.2) is 109 Å². The molecule has 0 unspecified atom stereocenters. The number of hydrogen-bond acceptors (Lipinski definition) is 6. The van der Waals surface area contributed by atoms with Crippen LogP contribution in [0.25, 0.3) is 22.1 Å². The van der Waals surface area contributed by atoms with Gasteiger partial charge in [0.05, 0.1) is 22.1 Å². The number of carbonyl (C=O) groups excluding carboxylic acids is 2. The molecular formula is C35H32N4O2S2. The summed E-state index contributed by atoms with van der Waals surface area (Å²) in [6, 6.07) is 36.1. The fourth-order valence-electron chi connectivity index (χ4n) is 5.15. The van der Waals surface area contributed by atoms with Crippen molar-refractivity contribution >= 4 is 55.8 Å². The first-order chi connectivity index (χ1) is 21.2. The zero-order valence-corrected chi connectivity index (χ0v) is 25.4. The normalized spacial score (nSPS) is 11.3. The van der Waals surface area contributed by atoms with Crippen molar-refractivity contribution in [2.24, 2.45) is 0 Å². The molecule has 6 nitrogen and oxygen atoms in total. The second kappa shape index (κ2) is 13.9. The highest BCUT2D eigenvalue weighted by Crippen LogP contribution is 2.24. The number of imidazole rings is 2. The van der Waals surface area contributed by atoms with Crippen molar-refractivity contribution in [2.45, 2.75) is 32.4 Å². The van der Waals surface area contributed by atoms with Crippen LogP contribution >= 0.6 is 23.5 Å². The smallest absolute Gasteiger partial charge is 0.254 e. The Morgan fingerprint density at radius 1 is 0.512 bits per heavy atom. The third-order valence-corrected chi connectivity index (χ3v) is 9.17. The number of nitrogens with zero attached hydrogens (tertiary/aromatic N) is 4. The molecule has 2 aromatic heterocycles. The Morgan fingerprint density at radius 2 is 0.907 bits per heavy atom. The van der Waals surface area contributed by atoms with Crippen molar-refractivity contribution in [3.63, 3.8) is 0 Å². The Hall–Kier alpha value is -4.14. The molecule has 0 radical (unpaired) electrons. The van der Waals surface area contributed by atoms with Gasteiger partial charge in [0.25, 0.3) is 10.2 Å². The van der Waals surface area contributed by atoms with Crippen LogP contribution < -0.4 is 0 Å². The van der Waals surface area contributed by atoms with E-state index >= 15 is 0 Å². The highest BCUT2D eigenvalue weighted by Gasteiger charge is 2.19. The first-order valence-corrected chi connectivity index (χ1v) is 16.5. The lowest BCUT2D eigenvalue weighted by atomic mass is 10.2. The highest BCUT2D eigenvalue weighted by atomic mass is 32.2. The molecule has 6 aromatic rings. The van der Waals surface area contributed by atoms with Gasteiger partial charge in [-0.05, 0) is 48.2 Å². The lowest BCUT2D eigenvalue weighted by Gasteiger charge is -2.09. The fraction of sp³-hybridized carbons (Fsp3) is 0.200. The minimum absolute atomic E-state index is 0.00555. The van der Waals surface area contributed by atoms with Crippen molar-refractivity contribution in [3.8, 4) is 0 Å². The largest absolute Gasteiger partial charge is 0.316 e. The number of unbranched alkanes of at least 4 members (excludes halogenated alkanes) is 2. The Kier molecular flexibility index (Phi) is 9.35. The van der Waals surface area contributed by atoms with E-state index in [1.807, 2.05) is 94.1 Å². The Bertz CT molecular complexity index is 1710. The summed E-state index contributed by atoms with van der Waals surface area (Å²) in [6.45, 7) is 1.21. The molecule has 0 saturated heterocycles. The molecule has 6 rings (SSSR count). The maximum Gasteiger partial charge on any atom is 0.254 e. The number of hydrogen-bond donors (Lipinski definition) is 0. The zero-order valence-electron chi connectivity index (χ0n) is 23.8. The van der Waals surface area contributed by atoms with Gasteiger partial charge in [0, 0.05) is 24.6 Å². The van der Waals surface area contributed by atoms with Crippen LogP contribution in [0, 0.1) is 0 Å². The van der Waals surface area contributed by atoms with Crippen LogP contribution in [-0.2, 0) is 13.1 Å². The summed E-state index contributed by atoms with van der Waals surface area (Å²) in [4.78, 5) is 35.8. The van der Waals surface area contributed by atoms with E-state index in [2.05, 4.69) is 34.2 Å². The standard InChI is InChI=1S/C35H32N4O2S2/c40-34(32-36-28-18-8-10-20-30(28)38(32)24-26-14-4-1-5-15-26)42-22-12-3-13-23-43-35(41)33-37-29-19-9-11-21-31(29)39(33)25-27-16-6-2-7-17-27/h1-2,4-11,14-21H,3,12-13,22-25H2. The topological polar surface area (TPSA) is 69.8 Å². The molecule has 2 heterocycles. The number of para-hydroxylation sites is 4. The molecule has 0 aliphatic rings. The molecule has 0 fully saturated rings. The van der Waals surface area contributed by atoms with Crippen LogP contribution in [0.4, 0.5) is 0 Å². The predicted octanol–water partition coefficient (Wildman–Crippen LogP) is 8.10. The number of carbonyl (C=O) groups is 2. The number of benzene rings is 4. The number of fused-ring (bicyclic) bond motifs is 2. The summed E-state index contributed by atoms with van der Waals surface area (Å²) in [5.74, 6) is 2.43. The van der Waals surface area contributed by atoms with Crippen molar-refractivity contribution in [3.05, 3.63) is 132 Å². The van der Waals surface area contributed by atoms with Crippen molar-refractivity contribution in [1.82, 2.24) is 19.1 Å². The van der Waals surface area contributed by atoms with Gasteiger partial charge < -0.3 is 9.13 Å². The minimum Gasteiger partial charge on any atom is -0.316 e. The summed E-state index contributed by atoms with van der Waals surface area (Å²) in [7, 11) is 0. The Labute approximate surface area is 259 Å². The van der Waals surface area contributed by atoms with Gasteiger partial charge in [0.2, 0.25) is 0 Å². The van der Waals surface area contributed by atoms with Crippen molar-refractivity contribution < 1.29 is 9.59 Å². The van der Waals surface area contributed by atoms with E-state index in [1.54, 1.807) is 0 Å². The van der Waals surface area contributed by atoms with Crippen LogP contribution in [0.1, 0.15) is 51.6 Å². The second-order valence-corrected chi connectivity index (χ2v) is 12.5. The summed E-state index contributed by atoms with van der Waals surface area (Å²) >= 11 is 2.65. The third-order valence-electron chi connectivity index (χ3n) is 7.30. The minimum atomic E-state index is -0.00555. The summed E-state index contributed by atoms with van der Waals surface area (Å²) in [5, 5.41) is -0.0111. The fourth-order valence-corrected chi connectivity index (χ4v) is 6.79. The molecule has 0 aliphatic carbocycles. The van der Waals surface area contributed by atoms with Gasteiger partial charge in [-0.25, -0.2) is 9.97 Å². The van der Waals surface area contributed by atoms with Gasteiger partial charge in [-0.2, -0.15) is 0 Å². The monoisotopic (exact) mass is 604 g/mol. The summed E-state index contributed by atoms with van der Waals surface area (Å²) in [6.07, 6.45) is 2.74. The molecule has 0 saturated carbocycles. The quantitative estimate of drug-likeness (QED) is 0.132. The van der Waals surface area contributed by atoms with Gasteiger partial charge in [0.1, 0.15) is 0 Å². The van der Waals surface area contributed by atoms with E-state index in [0.717, 1.165) is 64.0 Å². The Balaban J connectivity index is 1.01. The highest BCUT2D eigenvalue weighted by molar-refractivity contribution is 8.14. The predicted molar refractivity (Wildman–Crippen MR) is 178 cm³/mol. The number of rotatable bonds is 12.